The number of nitrogens with one attached hydrogen (secondary N) is 2. The summed E-state index contributed by atoms with van der Waals surface area (Å²) in [5, 5.41) is 4.93. The van der Waals surface area contributed by atoms with E-state index in [2.05, 4.69) is 16.0 Å². The highest BCUT2D eigenvalue weighted by Gasteiger charge is 2.19. The molecule has 3 heterocycles. The van der Waals surface area contributed by atoms with E-state index in [9.17, 15) is 14.0 Å². The second kappa shape index (κ2) is 9.60. The van der Waals surface area contributed by atoms with E-state index < -0.39 is 11.8 Å². The third-order valence-electron chi connectivity index (χ3n) is 5.40. The number of carbonyl (C=O) groups is 2. The number of nitrogens with zero attached hydrogens (tertiary/aromatic N) is 3. The third kappa shape index (κ3) is 4.93. The lowest BCUT2D eigenvalue weighted by Crippen LogP contribution is -2.42. The molecule has 8 nitrogen and oxygen atoms in total. The Bertz CT molecular complexity index is 1480. The van der Waals surface area contributed by atoms with Crippen molar-refractivity contribution in [3.05, 3.63) is 108 Å². The predicted molar refractivity (Wildman–Crippen MR) is 126 cm³/mol. The van der Waals surface area contributed by atoms with E-state index in [1.165, 1.54) is 24.3 Å². The number of hydrogen-bond donors (Lipinski definition) is 2. The van der Waals surface area contributed by atoms with Crippen LogP contribution in [0.4, 0.5) is 4.39 Å². The molecule has 0 unspecified atom stereocenters. The molecule has 5 rings (SSSR count). The van der Waals surface area contributed by atoms with Crippen molar-refractivity contribution in [2.24, 2.45) is 0 Å². The van der Waals surface area contributed by atoms with Gasteiger partial charge in [0.05, 0.1) is 35.5 Å². The summed E-state index contributed by atoms with van der Waals surface area (Å²) in [5.41, 5.74) is 7.72. The number of benzene rings is 2. The lowest BCUT2D eigenvalue weighted by molar-refractivity contribution is -0.121. The van der Waals surface area contributed by atoms with Gasteiger partial charge in [-0.25, -0.2) is 14.1 Å². The first-order valence-electron chi connectivity index (χ1n) is 10.8. The van der Waals surface area contributed by atoms with Crippen LogP contribution in [0.1, 0.15) is 21.7 Å². The Morgan fingerprint density at radius 3 is 2.51 bits per heavy atom. The van der Waals surface area contributed by atoms with Crippen LogP contribution < -0.4 is 10.9 Å². The smallest absolute Gasteiger partial charge is 0.270 e. The molecular weight excluding hydrogens is 449 g/mol. The van der Waals surface area contributed by atoms with E-state index >= 15 is 0 Å². The molecule has 0 radical (unpaired) electrons. The van der Waals surface area contributed by atoms with Crippen molar-refractivity contribution in [1.82, 2.24) is 25.6 Å². The molecule has 0 bridgehead atoms. The Balaban J connectivity index is 1.42. The van der Waals surface area contributed by atoms with Gasteiger partial charge in [-0.3, -0.25) is 20.4 Å². The van der Waals surface area contributed by atoms with Crippen LogP contribution in [0.2, 0.25) is 0 Å². The van der Waals surface area contributed by atoms with Crippen molar-refractivity contribution >= 4 is 22.8 Å². The fraction of sp³-hybridized carbons (Fsp3) is 0.0769. The minimum absolute atomic E-state index is 0.0112. The lowest BCUT2D eigenvalue weighted by atomic mass is 10.1. The number of hydrazine groups is 1. The largest absolute Gasteiger partial charge is 0.467 e. The van der Waals surface area contributed by atoms with Crippen LogP contribution in [-0.2, 0) is 17.8 Å². The summed E-state index contributed by atoms with van der Waals surface area (Å²) >= 11 is 0. The Kier molecular flexibility index (Phi) is 6.04. The van der Waals surface area contributed by atoms with E-state index in [0.717, 1.165) is 5.56 Å². The number of aromatic nitrogens is 3. The summed E-state index contributed by atoms with van der Waals surface area (Å²) in [5.74, 6) is -0.640. The average Bonchev–Trinajstić information content (AvgIpc) is 3.54. The highest BCUT2D eigenvalue weighted by atomic mass is 19.1. The van der Waals surface area contributed by atoms with Crippen LogP contribution >= 0.6 is 0 Å². The quantitative estimate of drug-likeness (QED) is 0.368. The molecule has 5 aromatic rings. The Morgan fingerprint density at radius 1 is 0.971 bits per heavy atom. The molecule has 174 valence electrons. The average molecular weight is 469 g/mol. The molecule has 0 aliphatic carbocycles. The number of pyridine rings is 1. The Labute approximate surface area is 199 Å². The van der Waals surface area contributed by atoms with Crippen molar-refractivity contribution in [3.63, 3.8) is 0 Å². The maximum Gasteiger partial charge on any atom is 0.270 e. The molecule has 0 atom stereocenters. The van der Waals surface area contributed by atoms with Gasteiger partial charge in [0.1, 0.15) is 18.1 Å². The van der Waals surface area contributed by atoms with Crippen LogP contribution in [0.5, 0.6) is 0 Å². The number of hydrogen-bond acceptors (Lipinski definition) is 5. The second-order valence-electron chi connectivity index (χ2n) is 7.85. The van der Waals surface area contributed by atoms with Crippen LogP contribution in [0.15, 0.2) is 89.7 Å². The number of halogens is 1. The number of furan rings is 1. The highest BCUT2D eigenvalue weighted by Crippen LogP contribution is 2.25. The monoisotopic (exact) mass is 469 g/mol. The Morgan fingerprint density at radius 2 is 1.77 bits per heavy atom. The zero-order valence-corrected chi connectivity index (χ0v) is 18.4. The Hall–Kier alpha value is -4.79. The van der Waals surface area contributed by atoms with Gasteiger partial charge >= 0.3 is 0 Å². The van der Waals surface area contributed by atoms with E-state index in [4.69, 9.17) is 9.40 Å². The molecule has 0 fully saturated rings. The fourth-order valence-corrected chi connectivity index (χ4v) is 3.68. The van der Waals surface area contributed by atoms with Crippen molar-refractivity contribution in [1.29, 1.82) is 0 Å². The van der Waals surface area contributed by atoms with Gasteiger partial charge in [0.2, 0.25) is 5.91 Å². The molecule has 0 aliphatic rings. The number of fused-ring (bicyclic) bond motifs is 1. The van der Waals surface area contributed by atoms with E-state index in [1.54, 1.807) is 29.3 Å². The third-order valence-corrected chi connectivity index (χ3v) is 5.40. The van der Waals surface area contributed by atoms with E-state index in [-0.39, 0.29) is 12.2 Å². The van der Waals surface area contributed by atoms with E-state index in [0.29, 0.717) is 40.2 Å². The van der Waals surface area contributed by atoms with Crippen molar-refractivity contribution in [3.8, 4) is 11.3 Å². The van der Waals surface area contributed by atoms with Gasteiger partial charge in [-0.05, 0) is 35.9 Å². The summed E-state index contributed by atoms with van der Waals surface area (Å²) in [7, 11) is 0. The highest BCUT2D eigenvalue weighted by molar-refractivity contribution is 6.06. The van der Waals surface area contributed by atoms with Crippen LogP contribution in [0.25, 0.3) is 22.3 Å². The van der Waals surface area contributed by atoms with Gasteiger partial charge in [-0.1, -0.05) is 42.5 Å². The maximum atomic E-state index is 13.1. The summed E-state index contributed by atoms with van der Waals surface area (Å²) in [4.78, 5) is 30.2. The molecular formula is C26H20FN5O3. The fourth-order valence-electron chi connectivity index (χ4n) is 3.68. The van der Waals surface area contributed by atoms with Gasteiger partial charge < -0.3 is 4.42 Å². The summed E-state index contributed by atoms with van der Waals surface area (Å²) in [6.45, 7) is 0.344. The van der Waals surface area contributed by atoms with Crippen LogP contribution in [-0.4, -0.2) is 26.6 Å². The first kappa shape index (κ1) is 22.0. The molecule has 2 aromatic carbocycles. The normalized spacial score (nSPS) is 10.9. The summed E-state index contributed by atoms with van der Waals surface area (Å²) < 4.78 is 20.2. The first-order chi connectivity index (χ1) is 17.1. The molecule has 0 saturated carbocycles. The topological polar surface area (TPSA) is 102 Å². The van der Waals surface area contributed by atoms with Crippen molar-refractivity contribution in [2.45, 2.75) is 13.0 Å². The minimum Gasteiger partial charge on any atom is -0.467 e. The minimum atomic E-state index is -0.514. The lowest BCUT2D eigenvalue weighted by Gasteiger charge is -2.10. The first-order valence-corrected chi connectivity index (χ1v) is 10.8. The number of rotatable bonds is 6. The van der Waals surface area contributed by atoms with Gasteiger partial charge in [-0.2, -0.15) is 5.10 Å². The summed E-state index contributed by atoms with van der Waals surface area (Å²) in [6, 6.07) is 20.3. The SMILES string of the molecule is O=C(Cc1ccc(F)cc1)NNC(=O)c1cc(-c2ccccc2)nc2c1cnn2Cc1ccco1. The van der Waals surface area contributed by atoms with Crippen LogP contribution in [0.3, 0.4) is 0 Å². The zero-order valence-electron chi connectivity index (χ0n) is 18.4. The maximum absolute atomic E-state index is 13.1. The molecule has 35 heavy (non-hydrogen) atoms. The molecule has 0 spiro atoms. The van der Waals surface area contributed by atoms with Gasteiger partial charge in [0.25, 0.3) is 5.91 Å². The van der Waals surface area contributed by atoms with E-state index in [1.807, 2.05) is 36.4 Å². The zero-order chi connectivity index (χ0) is 24.2. The second-order valence-corrected chi connectivity index (χ2v) is 7.85. The molecule has 2 N–H and O–H groups in total. The predicted octanol–water partition coefficient (Wildman–Crippen LogP) is 3.88. The van der Waals surface area contributed by atoms with Crippen molar-refractivity contribution in [2.75, 3.05) is 0 Å². The molecule has 2 amide bonds. The molecule has 0 aliphatic heterocycles. The number of carbonyl (C=O) groups excluding carboxylic acids is 2. The van der Waals surface area contributed by atoms with Crippen molar-refractivity contribution < 1.29 is 18.4 Å². The van der Waals surface area contributed by atoms with Gasteiger partial charge in [0, 0.05) is 5.56 Å². The molecule has 0 saturated heterocycles. The summed E-state index contributed by atoms with van der Waals surface area (Å²) in [6.07, 6.45) is 3.13. The molecule has 9 heteroatoms. The van der Waals surface area contributed by atoms with Gasteiger partial charge in [0.15, 0.2) is 5.65 Å². The standard InChI is InChI=1S/C26H20FN5O3/c27-19-10-8-17(9-11-19)13-24(33)30-31-26(34)21-14-23(18-5-2-1-3-6-18)29-25-22(21)15-28-32(25)16-20-7-4-12-35-20/h1-12,14-15H,13,16H2,(H,30,33)(H,31,34). The number of amides is 2. The van der Waals surface area contributed by atoms with Gasteiger partial charge in [-0.15, -0.1) is 0 Å². The molecule has 3 aromatic heterocycles. The van der Waals surface area contributed by atoms with Crippen LogP contribution in [0, 0.1) is 5.82 Å².